The van der Waals surface area contributed by atoms with Crippen LogP contribution in [0.15, 0.2) is 73.1 Å². The number of nitrogens with one attached hydrogen (secondary N) is 1. The van der Waals surface area contributed by atoms with Crippen LogP contribution >= 0.6 is 0 Å². The van der Waals surface area contributed by atoms with Gasteiger partial charge in [0.05, 0.1) is 6.42 Å². The van der Waals surface area contributed by atoms with Crippen LogP contribution < -0.4 is 5.32 Å². The fourth-order valence-corrected chi connectivity index (χ4v) is 4.76. The van der Waals surface area contributed by atoms with Crippen LogP contribution in [0.4, 0.5) is 0 Å². The van der Waals surface area contributed by atoms with Crippen molar-refractivity contribution in [2.75, 3.05) is 13.1 Å². The Kier molecular flexibility index (Phi) is 4.64. The summed E-state index contributed by atoms with van der Waals surface area (Å²) in [6.07, 6.45) is 3.95. The van der Waals surface area contributed by atoms with Gasteiger partial charge in [0.2, 0.25) is 5.91 Å². The molecule has 2 bridgehead atoms. The van der Waals surface area contributed by atoms with Crippen molar-refractivity contribution in [3.05, 3.63) is 89.7 Å². The molecule has 4 heterocycles. The van der Waals surface area contributed by atoms with Crippen LogP contribution in [-0.4, -0.2) is 41.0 Å². The number of carbonyl (C=O) groups excluding carboxylic acids is 1. The van der Waals surface area contributed by atoms with Gasteiger partial charge in [-0.3, -0.25) is 9.78 Å². The minimum absolute atomic E-state index is 0.209. The van der Waals surface area contributed by atoms with Crippen LogP contribution in [0.1, 0.15) is 22.6 Å². The average molecular weight is 383 g/mol. The Morgan fingerprint density at radius 3 is 2.38 bits per heavy atom. The lowest BCUT2D eigenvalue weighted by Crippen LogP contribution is -2.72. The van der Waals surface area contributed by atoms with Crippen LogP contribution in [0.5, 0.6) is 0 Å². The molecule has 3 aliphatic rings. The molecule has 1 amide bonds. The van der Waals surface area contributed by atoms with E-state index in [-0.39, 0.29) is 5.91 Å². The second-order valence-corrected chi connectivity index (χ2v) is 8.17. The number of amides is 1. The summed E-state index contributed by atoms with van der Waals surface area (Å²) in [4.78, 5) is 18.7. The van der Waals surface area contributed by atoms with Crippen molar-refractivity contribution in [1.29, 1.82) is 0 Å². The highest BCUT2D eigenvalue weighted by Crippen LogP contribution is 2.37. The molecule has 1 N–H and O–H groups in total. The van der Waals surface area contributed by atoms with Crippen LogP contribution in [0.3, 0.4) is 0 Å². The predicted molar refractivity (Wildman–Crippen MR) is 115 cm³/mol. The van der Waals surface area contributed by atoms with Gasteiger partial charge in [0.25, 0.3) is 0 Å². The number of piperazine rings is 1. The zero-order chi connectivity index (χ0) is 19.8. The molecule has 0 radical (unpaired) electrons. The van der Waals surface area contributed by atoms with Crippen molar-refractivity contribution >= 4 is 5.91 Å². The number of aromatic nitrogens is 1. The summed E-state index contributed by atoms with van der Waals surface area (Å²) in [5, 5.41) is 3.63. The topological polar surface area (TPSA) is 45.2 Å². The van der Waals surface area contributed by atoms with Crippen molar-refractivity contribution < 1.29 is 4.79 Å². The molecule has 2 aromatic carbocycles. The van der Waals surface area contributed by atoms with Crippen LogP contribution in [0.2, 0.25) is 0 Å². The lowest BCUT2D eigenvalue weighted by atomic mass is 9.74. The van der Waals surface area contributed by atoms with Gasteiger partial charge >= 0.3 is 0 Å². The van der Waals surface area contributed by atoms with Crippen LogP contribution in [-0.2, 0) is 11.2 Å². The molecule has 3 atom stereocenters. The molecule has 3 aliphatic heterocycles. The number of carbonyl (C=O) groups is 1. The van der Waals surface area contributed by atoms with E-state index in [1.807, 2.05) is 17.0 Å². The number of pyridine rings is 1. The minimum atomic E-state index is 0.209. The molecule has 4 nitrogen and oxygen atoms in total. The molecule has 1 unspecified atom stereocenters. The first kappa shape index (κ1) is 18.1. The number of hydrogen-bond acceptors (Lipinski definition) is 3. The lowest BCUT2D eigenvalue weighted by Gasteiger charge is -2.55. The van der Waals surface area contributed by atoms with Gasteiger partial charge in [-0.15, -0.1) is 0 Å². The van der Waals surface area contributed by atoms with E-state index in [2.05, 4.69) is 65.8 Å². The summed E-state index contributed by atoms with van der Waals surface area (Å²) in [6.45, 7) is 3.72. The second kappa shape index (κ2) is 7.45. The molecule has 4 heteroatoms. The van der Waals surface area contributed by atoms with Crippen molar-refractivity contribution in [1.82, 2.24) is 15.2 Å². The van der Waals surface area contributed by atoms with Crippen molar-refractivity contribution in [3.63, 3.8) is 0 Å². The number of nitrogens with zero attached hydrogens (tertiary/aromatic N) is 2. The molecule has 146 valence electrons. The van der Waals surface area contributed by atoms with Gasteiger partial charge in [-0.05, 0) is 46.9 Å². The Bertz CT molecular complexity index is 1000. The molecular formula is C25H25N3O. The third kappa shape index (κ3) is 3.45. The molecule has 0 aliphatic carbocycles. The van der Waals surface area contributed by atoms with Gasteiger partial charge in [0.15, 0.2) is 0 Å². The number of hydrogen-bond donors (Lipinski definition) is 1. The van der Waals surface area contributed by atoms with Gasteiger partial charge in [-0.2, -0.15) is 0 Å². The summed E-state index contributed by atoms with van der Waals surface area (Å²) in [5.74, 6) is 0.701. The van der Waals surface area contributed by atoms with E-state index in [1.165, 1.54) is 22.3 Å². The first-order valence-corrected chi connectivity index (χ1v) is 10.3. The van der Waals surface area contributed by atoms with Gasteiger partial charge in [-0.25, -0.2) is 0 Å². The van der Waals surface area contributed by atoms with Crippen molar-refractivity contribution in [2.45, 2.75) is 31.3 Å². The normalized spacial score (nSPS) is 22.8. The smallest absolute Gasteiger partial charge is 0.227 e. The molecule has 1 aromatic heterocycles. The molecule has 0 saturated carbocycles. The zero-order valence-corrected chi connectivity index (χ0v) is 16.6. The highest BCUT2D eigenvalue weighted by Gasteiger charge is 2.47. The largest absolute Gasteiger partial charge is 0.339 e. The molecular weight excluding hydrogens is 358 g/mol. The fraction of sp³-hybridized carbons (Fsp3) is 0.280. The summed E-state index contributed by atoms with van der Waals surface area (Å²) in [7, 11) is 0. The van der Waals surface area contributed by atoms with Gasteiger partial charge in [0, 0.05) is 43.5 Å². The molecule has 0 spiro atoms. The Morgan fingerprint density at radius 1 is 1.00 bits per heavy atom. The lowest BCUT2D eigenvalue weighted by molar-refractivity contribution is -0.135. The summed E-state index contributed by atoms with van der Waals surface area (Å²) >= 11 is 0. The average Bonchev–Trinajstić information content (AvgIpc) is 2.75. The zero-order valence-electron chi connectivity index (χ0n) is 16.6. The maximum atomic E-state index is 12.7. The Morgan fingerprint density at radius 2 is 1.69 bits per heavy atom. The third-order valence-corrected chi connectivity index (χ3v) is 6.34. The Balaban J connectivity index is 1.26. The molecule has 6 rings (SSSR count). The number of rotatable bonds is 4. The molecule has 3 saturated heterocycles. The molecule has 3 fully saturated rings. The summed E-state index contributed by atoms with van der Waals surface area (Å²) < 4.78 is 0. The van der Waals surface area contributed by atoms with E-state index in [1.54, 1.807) is 12.4 Å². The van der Waals surface area contributed by atoms with Crippen molar-refractivity contribution in [3.8, 4) is 11.1 Å². The van der Waals surface area contributed by atoms with Crippen molar-refractivity contribution in [2.24, 2.45) is 0 Å². The van der Waals surface area contributed by atoms with E-state index in [9.17, 15) is 4.79 Å². The SMILES string of the molecule is Cc1ccccc1-c1ccc(C2[C@@H]3CN(C(=O)Cc4ccncc4)C[C@H]2N3)cc1. The predicted octanol–water partition coefficient (Wildman–Crippen LogP) is 3.57. The van der Waals surface area contributed by atoms with E-state index < -0.39 is 0 Å². The van der Waals surface area contributed by atoms with Crippen LogP contribution in [0, 0.1) is 6.92 Å². The quantitative estimate of drug-likeness (QED) is 0.749. The fourth-order valence-electron chi connectivity index (χ4n) is 4.76. The Hall–Kier alpha value is -2.98. The number of fused-ring (bicyclic) bond motifs is 2. The first-order chi connectivity index (χ1) is 14.2. The van der Waals surface area contributed by atoms with E-state index >= 15 is 0 Å². The van der Waals surface area contributed by atoms with E-state index in [4.69, 9.17) is 0 Å². The summed E-state index contributed by atoms with van der Waals surface area (Å²) in [5.41, 5.74) is 6.25. The highest BCUT2D eigenvalue weighted by atomic mass is 16.2. The Labute approximate surface area is 171 Å². The number of piperidine rings is 1. The van der Waals surface area contributed by atoms with Gasteiger partial charge in [0.1, 0.15) is 0 Å². The van der Waals surface area contributed by atoms with E-state index in [0.717, 1.165) is 18.7 Å². The first-order valence-electron chi connectivity index (χ1n) is 10.3. The monoisotopic (exact) mass is 383 g/mol. The number of benzene rings is 2. The standard InChI is InChI=1S/C25H25N3O/c1-17-4-2-3-5-21(17)19-6-8-20(9-7-19)25-22-15-28(16-23(25)27-22)24(29)14-18-10-12-26-13-11-18/h2-13,22-23,25,27H,14-16H2,1H3/t22-,23+,25?. The number of aryl methyl sites for hydroxylation is 1. The van der Waals surface area contributed by atoms with Crippen LogP contribution in [0.25, 0.3) is 11.1 Å². The van der Waals surface area contributed by atoms with E-state index in [0.29, 0.717) is 24.4 Å². The van der Waals surface area contributed by atoms with Gasteiger partial charge < -0.3 is 10.2 Å². The maximum absolute atomic E-state index is 12.7. The second-order valence-electron chi connectivity index (χ2n) is 8.17. The summed E-state index contributed by atoms with van der Waals surface area (Å²) in [6, 6.07) is 22.0. The van der Waals surface area contributed by atoms with Gasteiger partial charge in [-0.1, -0.05) is 48.5 Å². The molecule has 3 aromatic rings. The molecule has 29 heavy (non-hydrogen) atoms. The highest BCUT2D eigenvalue weighted by molar-refractivity contribution is 5.79. The minimum Gasteiger partial charge on any atom is -0.339 e. The maximum Gasteiger partial charge on any atom is 0.227 e. The third-order valence-electron chi connectivity index (χ3n) is 6.34.